The highest BCUT2D eigenvalue weighted by molar-refractivity contribution is 8.18. The molecule has 142 valence electrons. The molecule has 1 aliphatic heterocycles. The summed E-state index contributed by atoms with van der Waals surface area (Å²) in [7, 11) is 0. The molecule has 6 heteroatoms. The third-order valence-corrected chi connectivity index (χ3v) is 5.37. The van der Waals surface area contributed by atoms with E-state index >= 15 is 0 Å². The number of H-pyrrole nitrogens is 1. The van der Waals surface area contributed by atoms with Gasteiger partial charge in [-0.15, -0.1) is 0 Å². The van der Waals surface area contributed by atoms with Gasteiger partial charge in [0, 0.05) is 18.3 Å². The number of aromatic amines is 1. The minimum atomic E-state index is -0.307. The Morgan fingerprint density at radius 1 is 1.18 bits per heavy atom. The number of amides is 1. The molecule has 1 N–H and O–H groups in total. The summed E-state index contributed by atoms with van der Waals surface area (Å²) < 4.78 is 13.2. The zero-order chi connectivity index (χ0) is 19.7. The van der Waals surface area contributed by atoms with Gasteiger partial charge in [-0.3, -0.25) is 9.69 Å². The first-order valence-corrected chi connectivity index (χ1v) is 9.94. The average molecular weight is 393 g/mol. The molecule has 2 heterocycles. The SMILES string of the molecule is CC(C)CN1C(=O)C(=Cc2ccc3[nH]ccc3c2)SC1=Nc1ccc(F)cc1. The number of fused-ring (bicyclic) bond motifs is 1. The van der Waals surface area contributed by atoms with E-state index in [9.17, 15) is 9.18 Å². The lowest BCUT2D eigenvalue weighted by atomic mass is 10.1. The standard InChI is InChI=1S/C22H20FN3OS/c1-14(2)13-26-21(27)20(12-15-3-8-19-16(11-15)9-10-24-19)28-22(26)25-18-6-4-17(23)5-7-18/h3-12,14,24H,13H2,1-2H3. The molecule has 28 heavy (non-hydrogen) atoms. The highest BCUT2D eigenvalue weighted by Gasteiger charge is 2.33. The summed E-state index contributed by atoms with van der Waals surface area (Å²) in [6.07, 6.45) is 3.80. The minimum absolute atomic E-state index is 0.0475. The summed E-state index contributed by atoms with van der Waals surface area (Å²) in [4.78, 5) is 23.1. The summed E-state index contributed by atoms with van der Waals surface area (Å²) >= 11 is 1.36. The number of amidine groups is 1. The van der Waals surface area contributed by atoms with Crippen LogP contribution in [0.25, 0.3) is 17.0 Å². The molecule has 1 amide bonds. The Morgan fingerprint density at radius 3 is 2.71 bits per heavy atom. The number of hydrogen-bond donors (Lipinski definition) is 1. The molecule has 0 aliphatic carbocycles. The van der Waals surface area contributed by atoms with Crippen molar-refractivity contribution in [2.24, 2.45) is 10.9 Å². The normalized spacial score (nSPS) is 17.6. The Hall–Kier alpha value is -2.86. The highest BCUT2D eigenvalue weighted by atomic mass is 32.2. The Labute approximate surface area is 167 Å². The van der Waals surface area contributed by atoms with Crippen molar-refractivity contribution in [3.63, 3.8) is 0 Å². The van der Waals surface area contributed by atoms with Gasteiger partial charge >= 0.3 is 0 Å². The molecule has 0 spiro atoms. The van der Waals surface area contributed by atoms with Gasteiger partial charge < -0.3 is 4.98 Å². The van der Waals surface area contributed by atoms with Crippen LogP contribution in [0, 0.1) is 11.7 Å². The number of hydrogen-bond acceptors (Lipinski definition) is 3. The first kappa shape index (κ1) is 18.5. The van der Waals surface area contributed by atoms with Gasteiger partial charge in [-0.1, -0.05) is 19.9 Å². The molecule has 4 rings (SSSR count). The number of rotatable bonds is 4. The summed E-state index contributed by atoms with van der Waals surface area (Å²) in [5.41, 5.74) is 2.66. The highest BCUT2D eigenvalue weighted by Crippen LogP contribution is 2.35. The van der Waals surface area contributed by atoms with Crippen molar-refractivity contribution < 1.29 is 9.18 Å². The van der Waals surface area contributed by atoms with Crippen LogP contribution in [0.5, 0.6) is 0 Å². The second kappa shape index (κ2) is 7.64. The van der Waals surface area contributed by atoms with Crippen LogP contribution in [0.3, 0.4) is 0 Å². The maximum atomic E-state index is 13.2. The molecule has 0 bridgehead atoms. The van der Waals surface area contributed by atoms with Crippen molar-refractivity contribution in [1.29, 1.82) is 0 Å². The van der Waals surface area contributed by atoms with Crippen LogP contribution < -0.4 is 0 Å². The van der Waals surface area contributed by atoms with E-state index in [0.29, 0.717) is 28.2 Å². The lowest BCUT2D eigenvalue weighted by molar-refractivity contribution is -0.122. The van der Waals surface area contributed by atoms with E-state index in [1.165, 1.54) is 23.9 Å². The molecule has 0 radical (unpaired) electrons. The van der Waals surface area contributed by atoms with Crippen molar-refractivity contribution in [2.45, 2.75) is 13.8 Å². The number of aromatic nitrogens is 1. The molecule has 3 aromatic rings. The van der Waals surface area contributed by atoms with E-state index in [1.54, 1.807) is 17.0 Å². The second-order valence-corrected chi connectivity index (χ2v) is 8.12. The smallest absolute Gasteiger partial charge is 0.266 e. The molecule has 4 nitrogen and oxygen atoms in total. The molecule has 0 unspecified atom stereocenters. The Kier molecular flexibility index (Phi) is 5.05. The maximum Gasteiger partial charge on any atom is 0.266 e. The van der Waals surface area contributed by atoms with Crippen LogP contribution in [-0.2, 0) is 4.79 Å². The fraction of sp³-hybridized carbons (Fsp3) is 0.182. The third-order valence-electron chi connectivity index (χ3n) is 4.36. The van der Waals surface area contributed by atoms with Crippen molar-refractivity contribution in [1.82, 2.24) is 9.88 Å². The molecular formula is C22H20FN3OS. The van der Waals surface area contributed by atoms with Crippen molar-refractivity contribution in [3.8, 4) is 0 Å². The summed E-state index contributed by atoms with van der Waals surface area (Å²) in [5, 5.41) is 1.73. The van der Waals surface area contributed by atoms with E-state index in [4.69, 9.17) is 0 Å². The van der Waals surface area contributed by atoms with E-state index in [1.807, 2.05) is 30.5 Å². The molecule has 1 aliphatic rings. The third kappa shape index (κ3) is 3.87. The Bertz CT molecular complexity index is 1080. The number of benzene rings is 2. The van der Waals surface area contributed by atoms with Gasteiger partial charge in [0.2, 0.25) is 0 Å². The first-order valence-electron chi connectivity index (χ1n) is 9.12. The van der Waals surface area contributed by atoms with Crippen molar-refractivity contribution in [2.75, 3.05) is 6.54 Å². The molecule has 2 aromatic carbocycles. The van der Waals surface area contributed by atoms with Gasteiger partial charge in [-0.25, -0.2) is 9.38 Å². The van der Waals surface area contributed by atoms with Crippen molar-refractivity contribution >= 4 is 45.5 Å². The van der Waals surface area contributed by atoms with Crippen LogP contribution in [0.2, 0.25) is 0 Å². The molecule has 0 saturated carbocycles. The lowest BCUT2D eigenvalue weighted by Crippen LogP contribution is -2.32. The zero-order valence-electron chi connectivity index (χ0n) is 15.6. The molecular weight excluding hydrogens is 373 g/mol. The van der Waals surface area contributed by atoms with Crippen LogP contribution in [0.1, 0.15) is 19.4 Å². The number of aliphatic imine (C=N–C) groups is 1. The van der Waals surface area contributed by atoms with Crippen LogP contribution in [0.4, 0.5) is 10.1 Å². The largest absolute Gasteiger partial charge is 0.361 e. The van der Waals surface area contributed by atoms with Gasteiger partial charge in [0.05, 0.1) is 10.6 Å². The Balaban J connectivity index is 1.68. The predicted octanol–water partition coefficient (Wildman–Crippen LogP) is 5.57. The second-order valence-electron chi connectivity index (χ2n) is 7.12. The van der Waals surface area contributed by atoms with E-state index < -0.39 is 0 Å². The topological polar surface area (TPSA) is 48.5 Å². The van der Waals surface area contributed by atoms with Crippen LogP contribution in [0.15, 0.2) is 64.6 Å². The van der Waals surface area contributed by atoms with Crippen molar-refractivity contribution in [3.05, 3.63) is 71.0 Å². The number of carbonyl (C=O) groups excluding carboxylic acids is 1. The van der Waals surface area contributed by atoms with Crippen LogP contribution in [-0.4, -0.2) is 27.5 Å². The molecule has 1 saturated heterocycles. The summed E-state index contributed by atoms with van der Waals surface area (Å²) in [5.74, 6) is -0.0499. The number of carbonyl (C=O) groups is 1. The van der Waals surface area contributed by atoms with Gasteiger partial charge in [-0.05, 0) is 77.2 Å². The number of halogens is 1. The van der Waals surface area contributed by atoms with E-state index in [-0.39, 0.29) is 11.7 Å². The number of nitrogens with zero attached hydrogens (tertiary/aromatic N) is 2. The Morgan fingerprint density at radius 2 is 1.96 bits per heavy atom. The monoisotopic (exact) mass is 393 g/mol. The minimum Gasteiger partial charge on any atom is -0.361 e. The fourth-order valence-corrected chi connectivity index (χ4v) is 4.06. The van der Waals surface area contributed by atoms with Gasteiger partial charge in [0.1, 0.15) is 5.82 Å². The number of nitrogens with one attached hydrogen (secondary N) is 1. The van der Waals surface area contributed by atoms with Crippen LogP contribution >= 0.6 is 11.8 Å². The molecule has 0 atom stereocenters. The molecule has 1 fully saturated rings. The first-order chi connectivity index (χ1) is 13.5. The van der Waals surface area contributed by atoms with Gasteiger partial charge in [0.15, 0.2) is 5.17 Å². The van der Waals surface area contributed by atoms with Gasteiger partial charge in [0.25, 0.3) is 5.91 Å². The lowest BCUT2D eigenvalue weighted by Gasteiger charge is -2.17. The predicted molar refractivity (Wildman–Crippen MR) is 114 cm³/mol. The maximum absolute atomic E-state index is 13.2. The quantitative estimate of drug-likeness (QED) is 0.589. The van der Waals surface area contributed by atoms with E-state index in [2.05, 4.69) is 29.9 Å². The van der Waals surface area contributed by atoms with Gasteiger partial charge in [-0.2, -0.15) is 0 Å². The molecule has 1 aromatic heterocycles. The number of thioether (sulfide) groups is 1. The van der Waals surface area contributed by atoms with E-state index in [0.717, 1.165) is 16.5 Å². The summed E-state index contributed by atoms with van der Waals surface area (Å²) in [6, 6.07) is 14.0. The fourth-order valence-electron chi connectivity index (χ4n) is 3.06. The average Bonchev–Trinajstić information content (AvgIpc) is 3.23. The summed E-state index contributed by atoms with van der Waals surface area (Å²) in [6.45, 7) is 4.71. The zero-order valence-corrected chi connectivity index (χ0v) is 16.5.